The van der Waals surface area contributed by atoms with Crippen molar-refractivity contribution in [3.63, 3.8) is 0 Å². The predicted octanol–water partition coefficient (Wildman–Crippen LogP) is 5.38. The molecule has 190 valence electrons. The summed E-state index contributed by atoms with van der Waals surface area (Å²) in [5.74, 6) is 3.13. The first-order chi connectivity index (χ1) is 16.2. The van der Waals surface area contributed by atoms with E-state index in [1.165, 1.54) is 18.4 Å². The van der Waals surface area contributed by atoms with E-state index in [9.17, 15) is 10.2 Å². The SMILES string of the molecule is C=C1CCC2C(COCc3cc(OC)cc(OC)c3)C(C3(C)CCC(O)CC3CO)CCC12C. The van der Waals surface area contributed by atoms with E-state index in [0.717, 1.165) is 42.7 Å². The largest absolute Gasteiger partial charge is 0.497 e. The van der Waals surface area contributed by atoms with Crippen molar-refractivity contribution in [2.24, 2.45) is 34.5 Å². The van der Waals surface area contributed by atoms with E-state index in [-0.39, 0.29) is 29.5 Å². The summed E-state index contributed by atoms with van der Waals surface area (Å²) in [5.41, 5.74) is 2.65. The lowest BCUT2D eigenvalue weighted by Gasteiger charge is -2.56. The van der Waals surface area contributed by atoms with Gasteiger partial charge >= 0.3 is 0 Å². The Hall–Kier alpha value is -1.56. The van der Waals surface area contributed by atoms with Crippen LogP contribution in [0.25, 0.3) is 0 Å². The normalized spacial score (nSPS) is 37.9. The van der Waals surface area contributed by atoms with E-state index in [1.54, 1.807) is 14.2 Å². The van der Waals surface area contributed by atoms with Crippen molar-refractivity contribution in [3.8, 4) is 11.5 Å². The number of fused-ring (bicyclic) bond motifs is 1. The molecule has 5 nitrogen and oxygen atoms in total. The number of benzene rings is 1. The Morgan fingerprint density at radius 2 is 1.71 bits per heavy atom. The minimum Gasteiger partial charge on any atom is -0.497 e. The Morgan fingerprint density at radius 3 is 2.35 bits per heavy atom. The highest BCUT2D eigenvalue weighted by atomic mass is 16.5. The first-order valence-corrected chi connectivity index (χ1v) is 13.0. The molecular formula is C29H44O5. The maximum absolute atomic E-state index is 10.3. The lowest BCUT2D eigenvalue weighted by molar-refractivity contribution is -0.113. The standard InChI is InChI=1S/C29H44O5/c1-19-6-7-26-25(18-34-17-20-12-23(32-4)15-24(13-20)33-5)27(9-11-28(19,26)2)29(3)10-8-22(31)14-21(29)16-30/h12-13,15,21-22,25-27,30-31H,1,6-11,14,16-18H2,2-5H3. The van der Waals surface area contributed by atoms with Crippen LogP contribution in [0, 0.1) is 34.5 Å². The van der Waals surface area contributed by atoms with E-state index in [0.29, 0.717) is 37.4 Å². The number of methoxy groups -OCH3 is 2. The molecule has 7 atom stereocenters. The third-order valence-corrected chi connectivity index (χ3v) is 9.95. The summed E-state index contributed by atoms with van der Waals surface area (Å²) in [7, 11) is 3.33. The van der Waals surface area contributed by atoms with E-state index < -0.39 is 0 Å². The quantitative estimate of drug-likeness (QED) is 0.497. The topological polar surface area (TPSA) is 68.2 Å². The molecule has 3 aliphatic carbocycles. The number of aliphatic hydroxyl groups excluding tert-OH is 2. The first-order valence-electron chi connectivity index (χ1n) is 13.0. The van der Waals surface area contributed by atoms with Crippen molar-refractivity contribution in [1.29, 1.82) is 0 Å². The average Bonchev–Trinajstić information content (AvgIpc) is 3.14. The van der Waals surface area contributed by atoms with Crippen LogP contribution in [0.1, 0.15) is 64.4 Å². The van der Waals surface area contributed by atoms with Gasteiger partial charge in [0.05, 0.1) is 33.5 Å². The molecule has 0 aliphatic heterocycles. The van der Waals surface area contributed by atoms with Gasteiger partial charge in [0.2, 0.25) is 0 Å². The number of hydrogen-bond acceptors (Lipinski definition) is 5. The summed E-state index contributed by atoms with van der Waals surface area (Å²) < 4.78 is 17.3. The second-order valence-electron chi connectivity index (χ2n) is 11.5. The summed E-state index contributed by atoms with van der Waals surface area (Å²) in [4.78, 5) is 0. The van der Waals surface area contributed by atoms with Crippen LogP contribution in [0.5, 0.6) is 11.5 Å². The maximum Gasteiger partial charge on any atom is 0.122 e. The van der Waals surface area contributed by atoms with Crippen molar-refractivity contribution in [2.45, 2.75) is 71.5 Å². The molecule has 5 heteroatoms. The van der Waals surface area contributed by atoms with E-state index >= 15 is 0 Å². The Kier molecular flexibility index (Phi) is 7.66. The zero-order valence-electron chi connectivity index (χ0n) is 21.5. The molecule has 4 rings (SSSR count). The molecule has 0 aromatic heterocycles. The van der Waals surface area contributed by atoms with Crippen LogP contribution >= 0.6 is 0 Å². The molecule has 3 fully saturated rings. The molecule has 3 saturated carbocycles. The van der Waals surface area contributed by atoms with Crippen LogP contribution in [0.3, 0.4) is 0 Å². The maximum atomic E-state index is 10.3. The average molecular weight is 473 g/mol. The van der Waals surface area contributed by atoms with Gasteiger partial charge in [0.25, 0.3) is 0 Å². The molecule has 0 spiro atoms. The van der Waals surface area contributed by atoms with Crippen LogP contribution in [0.2, 0.25) is 0 Å². The summed E-state index contributed by atoms with van der Waals surface area (Å²) in [6.45, 7) is 10.6. The van der Waals surface area contributed by atoms with Gasteiger partial charge in [-0.05, 0) is 97.1 Å². The number of rotatable bonds is 8. The van der Waals surface area contributed by atoms with Crippen molar-refractivity contribution >= 4 is 0 Å². The van der Waals surface area contributed by atoms with Gasteiger partial charge in [-0.2, -0.15) is 0 Å². The highest BCUT2D eigenvalue weighted by Crippen LogP contribution is 2.63. The van der Waals surface area contributed by atoms with Gasteiger partial charge in [0, 0.05) is 12.7 Å². The van der Waals surface area contributed by atoms with Gasteiger partial charge in [0.1, 0.15) is 11.5 Å². The first kappa shape index (κ1) is 25.5. The van der Waals surface area contributed by atoms with Crippen LogP contribution in [-0.2, 0) is 11.3 Å². The second kappa shape index (κ2) is 10.2. The molecular weight excluding hydrogens is 428 g/mol. The van der Waals surface area contributed by atoms with Crippen molar-refractivity contribution in [1.82, 2.24) is 0 Å². The van der Waals surface area contributed by atoms with Gasteiger partial charge in [0.15, 0.2) is 0 Å². The lowest BCUT2D eigenvalue weighted by atomic mass is 9.49. The minimum atomic E-state index is -0.289. The van der Waals surface area contributed by atoms with Gasteiger partial charge in [-0.15, -0.1) is 0 Å². The zero-order chi connectivity index (χ0) is 24.5. The third kappa shape index (κ3) is 4.64. The highest BCUT2D eigenvalue weighted by Gasteiger charge is 2.56. The molecule has 0 radical (unpaired) electrons. The third-order valence-electron chi connectivity index (χ3n) is 9.95. The van der Waals surface area contributed by atoms with Gasteiger partial charge in [-0.3, -0.25) is 0 Å². The Bertz CT molecular complexity index is 846. The molecule has 0 heterocycles. The number of ether oxygens (including phenoxy) is 3. The van der Waals surface area contributed by atoms with E-state index in [1.807, 2.05) is 18.2 Å². The van der Waals surface area contributed by atoms with Crippen molar-refractivity contribution < 1.29 is 24.4 Å². The van der Waals surface area contributed by atoms with Crippen LogP contribution in [-0.4, -0.2) is 43.8 Å². The Labute approximate surface area is 205 Å². The molecule has 0 amide bonds. The fourth-order valence-corrected chi connectivity index (χ4v) is 7.68. The highest BCUT2D eigenvalue weighted by molar-refractivity contribution is 5.38. The van der Waals surface area contributed by atoms with E-state index in [4.69, 9.17) is 14.2 Å². The smallest absolute Gasteiger partial charge is 0.122 e. The predicted molar refractivity (Wildman–Crippen MR) is 134 cm³/mol. The molecule has 2 N–H and O–H groups in total. The van der Waals surface area contributed by atoms with Gasteiger partial charge in [-0.25, -0.2) is 0 Å². The van der Waals surface area contributed by atoms with Crippen LogP contribution in [0.15, 0.2) is 30.4 Å². The Balaban J connectivity index is 1.56. The van der Waals surface area contributed by atoms with Crippen molar-refractivity contribution in [3.05, 3.63) is 35.9 Å². The molecule has 1 aromatic rings. The lowest BCUT2D eigenvalue weighted by Crippen LogP contribution is -2.52. The molecule has 0 bridgehead atoms. The van der Waals surface area contributed by atoms with Crippen molar-refractivity contribution in [2.75, 3.05) is 27.4 Å². The number of hydrogen-bond donors (Lipinski definition) is 2. The Morgan fingerprint density at radius 1 is 1.00 bits per heavy atom. The molecule has 3 aliphatic rings. The number of allylic oxidation sites excluding steroid dienone is 1. The number of aliphatic hydroxyl groups is 2. The van der Waals surface area contributed by atoms with E-state index in [2.05, 4.69) is 20.4 Å². The summed E-state index contributed by atoms with van der Waals surface area (Å²) >= 11 is 0. The van der Waals surface area contributed by atoms with Gasteiger partial charge < -0.3 is 24.4 Å². The van der Waals surface area contributed by atoms with Gasteiger partial charge in [-0.1, -0.05) is 26.0 Å². The summed E-state index contributed by atoms with van der Waals surface area (Å²) in [6.07, 6.45) is 6.80. The molecule has 1 aromatic carbocycles. The summed E-state index contributed by atoms with van der Waals surface area (Å²) in [6, 6.07) is 5.89. The molecule has 34 heavy (non-hydrogen) atoms. The summed E-state index contributed by atoms with van der Waals surface area (Å²) in [5, 5.41) is 20.6. The fraction of sp³-hybridized carbons (Fsp3) is 0.724. The van der Waals surface area contributed by atoms with Crippen LogP contribution < -0.4 is 9.47 Å². The monoisotopic (exact) mass is 472 g/mol. The molecule has 7 unspecified atom stereocenters. The second-order valence-corrected chi connectivity index (χ2v) is 11.5. The fourth-order valence-electron chi connectivity index (χ4n) is 7.68. The zero-order valence-corrected chi connectivity index (χ0v) is 21.5. The van der Waals surface area contributed by atoms with Crippen LogP contribution in [0.4, 0.5) is 0 Å². The molecule has 0 saturated heterocycles. The minimum absolute atomic E-state index is 0.0203.